The van der Waals surface area contributed by atoms with Crippen LogP contribution in [0.4, 0.5) is 0 Å². The summed E-state index contributed by atoms with van der Waals surface area (Å²) in [6.45, 7) is 9.65. The summed E-state index contributed by atoms with van der Waals surface area (Å²) in [6, 6.07) is 2.03. The van der Waals surface area contributed by atoms with E-state index < -0.39 is 0 Å². The first kappa shape index (κ1) is 15.4. The number of rotatable bonds is 3. The molecule has 1 aliphatic heterocycles. The Kier molecular flexibility index (Phi) is 4.54. The molecule has 1 aliphatic rings. The monoisotopic (exact) mass is 284 g/mol. The standard InChI is InChI=1S/C17H24N4/c1-13-8-14(9-20-16(13)15(18)10-19-4)6-5-7-21-11-17(2,3)12-21/h8-10,19H,7,11-12,18H2,1-4H3/b15-10-. The number of likely N-dealkylation sites (tertiary alicyclic amines) is 1. The number of pyridine rings is 1. The topological polar surface area (TPSA) is 54.2 Å². The molecule has 0 atom stereocenters. The van der Waals surface area contributed by atoms with Crippen LogP contribution in [0.15, 0.2) is 18.5 Å². The Morgan fingerprint density at radius 2 is 2.24 bits per heavy atom. The van der Waals surface area contributed by atoms with Crippen molar-refractivity contribution < 1.29 is 0 Å². The highest BCUT2D eigenvalue weighted by molar-refractivity contribution is 5.62. The Morgan fingerprint density at radius 1 is 1.52 bits per heavy atom. The van der Waals surface area contributed by atoms with E-state index in [1.165, 1.54) is 0 Å². The third-order valence-corrected chi connectivity index (χ3v) is 3.49. The van der Waals surface area contributed by atoms with Crippen LogP contribution < -0.4 is 11.1 Å². The molecule has 0 aromatic carbocycles. The first-order valence-corrected chi connectivity index (χ1v) is 7.22. The molecule has 0 unspecified atom stereocenters. The van der Waals surface area contributed by atoms with Crippen LogP contribution in [-0.2, 0) is 0 Å². The molecule has 0 radical (unpaired) electrons. The Hall–Kier alpha value is -1.99. The van der Waals surface area contributed by atoms with Gasteiger partial charge in [0.25, 0.3) is 0 Å². The second-order valence-corrected chi connectivity index (χ2v) is 6.39. The normalized spacial score (nSPS) is 17.6. The maximum Gasteiger partial charge on any atom is 0.0903 e. The van der Waals surface area contributed by atoms with Crippen LogP contribution in [0.2, 0.25) is 0 Å². The SMILES string of the molecule is CN/C=C(\N)c1ncc(C#CCN2CC(C)(C)C2)cc1C. The van der Waals surface area contributed by atoms with Crippen molar-refractivity contribution in [3.8, 4) is 11.8 Å². The second-order valence-electron chi connectivity index (χ2n) is 6.39. The van der Waals surface area contributed by atoms with Crippen LogP contribution >= 0.6 is 0 Å². The number of nitrogens with two attached hydrogens (primary N) is 1. The van der Waals surface area contributed by atoms with Gasteiger partial charge in [-0.2, -0.15) is 0 Å². The molecule has 4 heteroatoms. The third-order valence-electron chi connectivity index (χ3n) is 3.49. The van der Waals surface area contributed by atoms with Gasteiger partial charge in [0, 0.05) is 38.1 Å². The summed E-state index contributed by atoms with van der Waals surface area (Å²) in [5.41, 5.74) is 9.82. The van der Waals surface area contributed by atoms with Crippen molar-refractivity contribution in [2.45, 2.75) is 20.8 Å². The van der Waals surface area contributed by atoms with Crippen LogP contribution in [0.25, 0.3) is 5.70 Å². The molecule has 3 N–H and O–H groups in total. The quantitative estimate of drug-likeness (QED) is 0.827. The number of hydrogen-bond donors (Lipinski definition) is 2. The molecular weight excluding hydrogens is 260 g/mol. The van der Waals surface area contributed by atoms with Crippen molar-refractivity contribution in [3.63, 3.8) is 0 Å². The molecule has 112 valence electrons. The lowest BCUT2D eigenvalue weighted by atomic mass is 9.84. The molecule has 21 heavy (non-hydrogen) atoms. The molecule has 0 saturated carbocycles. The van der Waals surface area contributed by atoms with E-state index in [2.05, 4.69) is 40.9 Å². The third kappa shape index (κ3) is 3.99. The molecule has 0 spiro atoms. The first-order valence-electron chi connectivity index (χ1n) is 7.22. The lowest BCUT2D eigenvalue weighted by molar-refractivity contribution is 0.0443. The molecule has 1 saturated heterocycles. The van der Waals surface area contributed by atoms with Crippen LogP contribution in [0.5, 0.6) is 0 Å². The lowest BCUT2D eigenvalue weighted by Crippen LogP contribution is -2.52. The zero-order valence-electron chi connectivity index (χ0n) is 13.3. The molecule has 1 fully saturated rings. The van der Waals surface area contributed by atoms with Gasteiger partial charge >= 0.3 is 0 Å². The van der Waals surface area contributed by atoms with Gasteiger partial charge in [0.05, 0.1) is 17.9 Å². The number of nitrogens with zero attached hydrogens (tertiary/aromatic N) is 2. The fourth-order valence-corrected chi connectivity index (χ4v) is 2.70. The van der Waals surface area contributed by atoms with Crippen molar-refractivity contribution >= 4 is 5.70 Å². The number of aryl methyl sites for hydroxylation is 1. The Balaban J connectivity index is 2.00. The van der Waals surface area contributed by atoms with Gasteiger partial charge in [-0.15, -0.1) is 0 Å². The molecule has 4 nitrogen and oxygen atoms in total. The molecule has 0 aliphatic carbocycles. The molecule has 1 aromatic rings. The summed E-state index contributed by atoms with van der Waals surface area (Å²) >= 11 is 0. The fourth-order valence-electron chi connectivity index (χ4n) is 2.70. The largest absolute Gasteiger partial charge is 0.396 e. The zero-order valence-corrected chi connectivity index (χ0v) is 13.3. The van der Waals surface area contributed by atoms with E-state index in [0.29, 0.717) is 11.1 Å². The minimum absolute atomic E-state index is 0.457. The first-order chi connectivity index (χ1) is 9.91. The van der Waals surface area contributed by atoms with Crippen molar-refractivity contribution in [3.05, 3.63) is 35.3 Å². The van der Waals surface area contributed by atoms with Crippen LogP contribution in [0.1, 0.15) is 30.7 Å². The van der Waals surface area contributed by atoms with Gasteiger partial charge in [-0.05, 0) is 24.0 Å². The zero-order chi connectivity index (χ0) is 15.5. The molecule has 2 rings (SSSR count). The highest BCUT2D eigenvalue weighted by Crippen LogP contribution is 2.27. The summed E-state index contributed by atoms with van der Waals surface area (Å²) in [4.78, 5) is 6.76. The van der Waals surface area contributed by atoms with Gasteiger partial charge in [-0.3, -0.25) is 9.88 Å². The average Bonchev–Trinajstić information content (AvgIpc) is 2.36. The summed E-state index contributed by atoms with van der Waals surface area (Å²) < 4.78 is 0. The molecular formula is C17H24N4. The number of hydrogen-bond acceptors (Lipinski definition) is 4. The van der Waals surface area contributed by atoms with Gasteiger partial charge in [-0.1, -0.05) is 25.7 Å². The van der Waals surface area contributed by atoms with E-state index >= 15 is 0 Å². The maximum atomic E-state index is 5.94. The molecule has 1 aromatic heterocycles. The van der Waals surface area contributed by atoms with E-state index in [4.69, 9.17) is 5.73 Å². The maximum absolute atomic E-state index is 5.94. The van der Waals surface area contributed by atoms with Gasteiger partial charge in [0.2, 0.25) is 0 Å². The van der Waals surface area contributed by atoms with Crippen LogP contribution in [0.3, 0.4) is 0 Å². The van der Waals surface area contributed by atoms with E-state index in [0.717, 1.165) is 36.5 Å². The van der Waals surface area contributed by atoms with Gasteiger partial charge < -0.3 is 11.1 Å². The van der Waals surface area contributed by atoms with E-state index in [9.17, 15) is 0 Å². The van der Waals surface area contributed by atoms with Crippen molar-refractivity contribution in [1.29, 1.82) is 0 Å². The van der Waals surface area contributed by atoms with Gasteiger partial charge in [0.15, 0.2) is 0 Å². The summed E-state index contributed by atoms with van der Waals surface area (Å²) in [5, 5.41) is 2.91. The smallest absolute Gasteiger partial charge is 0.0903 e. The Labute approximate surface area is 127 Å². The summed E-state index contributed by atoms with van der Waals surface area (Å²) in [6.07, 6.45) is 3.53. The second kappa shape index (κ2) is 6.19. The summed E-state index contributed by atoms with van der Waals surface area (Å²) in [7, 11) is 1.82. The van der Waals surface area contributed by atoms with Gasteiger partial charge in [-0.25, -0.2) is 0 Å². The molecule has 0 bridgehead atoms. The Morgan fingerprint density at radius 3 is 2.81 bits per heavy atom. The Bertz CT molecular complexity index is 597. The van der Waals surface area contributed by atoms with Crippen molar-refractivity contribution in [2.24, 2.45) is 11.1 Å². The van der Waals surface area contributed by atoms with E-state index in [1.54, 1.807) is 12.4 Å². The molecule has 0 amide bonds. The van der Waals surface area contributed by atoms with E-state index in [1.807, 2.05) is 20.0 Å². The minimum Gasteiger partial charge on any atom is -0.396 e. The van der Waals surface area contributed by atoms with Crippen LogP contribution in [-0.4, -0.2) is 36.6 Å². The van der Waals surface area contributed by atoms with Crippen molar-refractivity contribution in [1.82, 2.24) is 15.2 Å². The van der Waals surface area contributed by atoms with Gasteiger partial charge in [0.1, 0.15) is 0 Å². The van der Waals surface area contributed by atoms with Crippen LogP contribution in [0, 0.1) is 24.2 Å². The fraction of sp³-hybridized carbons (Fsp3) is 0.471. The van der Waals surface area contributed by atoms with Crippen molar-refractivity contribution in [2.75, 3.05) is 26.7 Å². The predicted molar refractivity (Wildman–Crippen MR) is 87.3 cm³/mol. The highest BCUT2D eigenvalue weighted by atomic mass is 15.2. The number of nitrogens with one attached hydrogen (secondary N) is 1. The number of aromatic nitrogens is 1. The summed E-state index contributed by atoms with van der Waals surface area (Å²) in [5.74, 6) is 6.40. The lowest BCUT2D eigenvalue weighted by Gasteiger charge is -2.44. The highest BCUT2D eigenvalue weighted by Gasteiger charge is 2.32. The average molecular weight is 284 g/mol. The minimum atomic E-state index is 0.457. The molecule has 2 heterocycles. The predicted octanol–water partition coefficient (Wildman–Crippen LogP) is 1.56. The van der Waals surface area contributed by atoms with E-state index in [-0.39, 0.29) is 0 Å².